The van der Waals surface area contributed by atoms with E-state index in [-0.39, 0.29) is 16.3 Å². The summed E-state index contributed by atoms with van der Waals surface area (Å²) in [6.45, 7) is 0. The van der Waals surface area contributed by atoms with Crippen molar-refractivity contribution in [3.05, 3.63) is 61.8 Å². The van der Waals surface area contributed by atoms with Crippen LogP contribution in [0.2, 0.25) is 5.15 Å². The fourth-order valence-electron chi connectivity index (χ4n) is 1.62. The maximum atomic E-state index is 12.1. The molecule has 21 heavy (non-hydrogen) atoms. The van der Waals surface area contributed by atoms with Gasteiger partial charge in [-0.25, -0.2) is 4.98 Å². The highest BCUT2D eigenvalue weighted by atomic mass is 35.5. The molecule has 0 aliphatic carbocycles. The van der Waals surface area contributed by atoms with Gasteiger partial charge in [-0.05, 0) is 12.1 Å². The van der Waals surface area contributed by atoms with E-state index >= 15 is 0 Å². The summed E-state index contributed by atoms with van der Waals surface area (Å²) in [6, 6.07) is 3.77. The number of nitro groups is 1. The molecule has 0 atom stereocenters. The van der Waals surface area contributed by atoms with E-state index < -0.39 is 16.5 Å². The third-order valence-electron chi connectivity index (χ3n) is 2.63. The summed E-state index contributed by atoms with van der Waals surface area (Å²) in [4.78, 5) is 37.1. The topological polar surface area (TPSA) is 107 Å². The van der Waals surface area contributed by atoms with Gasteiger partial charge in [-0.1, -0.05) is 11.6 Å². The fraction of sp³-hybridized carbons (Fsp3) is 0.0833. The summed E-state index contributed by atoms with van der Waals surface area (Å²) in [5.41, 5.74) is -0.592. The van der Waals surface area contributed by atoms with Crippen molar-refractivity contribution >= 4 is 28.9 Å². The molecule has 0 bridgehead atoms. The second-order valence-corrected chi connectivity index (χ2v) is 4.49. The highest BCUT2D eigenvalue weighted by Crippen LogP contribution is 2.21. The Morgan fingerprint density at radius 1 is 1.48 bits per heavy atom. The molecule has 0 aliphatic rings. The van der Waals surface area contributed by atoms with Crippen molar-refractivity contribution in [2.45, 2.75) is 0 Å². The predicted molar refractivity (Wildman–Crippen MR) is 75.5 cm³/mol. The molecular formula is C12H9ClN4O4. The van der Waals surface area contributed by atoms with Crippen LogP contribution in [0.15, 0.2) is 35.4 Å². The Balaban J connectivity index is 2.36. The molecule has 2 rings (SSSR count). The van der Waals surface area contributed by atoms with E-state index in [2.05, 4.69) is 10.3 Å². The van der Waals surface area contributed by atoms with Crippen molar-refractivity contribution in [3.63, 3.8) is 0 Å². The number of anilines is 1. The van der Waals surface area contributed by atoms with E-state index in [4.69, 9.17) is 11.6 Å². The second kappa shape index (κ2) is 5.71. The molecule has 1 amide bonds. The van der Waals surface area contributed by atoms with E-state index in [9.17, 15) is 19.7 Å². The van der Waals surface area contributed by atoms with E-state index in [1.807, 2.05) is 0 Å². The van der Waals surface area contributed by atoms with Gasteiger partial charge < -0.3 is 9.88 Å². The number of rotatable bonds is 3. The molecule has 0 saturated carbocycles. The molecule has 9 heteroatoms. The number of nitrogens with zero attached hydrogens (tertiary/aromatic N) is 3. The Hall–Kier alpha value is -2.74. The van der Waals surface area contributed by atoms with Crippen molar-refractivity contribution < 1.29 is 9.72 Å². The van der Waals surface area contributed by atoms with E-state index in [0.29, 0.717) is 5.69 Å². The SMILES string of the molecule is Cn1cc(NC(=O)c2cc(Cl)ncc2[N+](=O)[O-])ccc1=O. The molecule has 2 aromatic heterocycles. The highest BCUT2D eigenvalue weighted by molar-refractivity contribution is 6.30. The average Bonchev–Trinajstić information content (AvgIpc) is 2.42. The summed E-state index contributed by atoms with van der Waals surface area (Å²) in [5.74, 6) is -0.718. The van der Waals surface area contributed by atoms with Crippen molar-refractivity contribution in [3.8, 4) is 0 Å². The van der Waals surface area contributed by atoms with Gasteiger partial charge in [0.2, 0.25) is 5.56 Å². The minimum atomic E-state index is -0.723. The Morgan fingerprint density at radius 3 is 2.81 bits per heavy atom. The first-order valence-corrected chi connectivity index (χ1v) is 6.04. The lowest BCUT2D eigenvalue weighted by Crippen LogP contribution is -2.18. The lowest BCUT2D eigenvalue weighted by molar-refractivity contribution is -0.385. The van der Waals surface area contributed by atoms with Gasteiger partial charge in [-0.15, -0.1) is 0 Å². The summed E-state index contributed by atoms with van der Waals surface area (Å²) in [7, 11) is 1.52. The van der Waals surface area contributed by atoms with Gasteiger partial charge >= 0.3 is 0 Å². The number of hydrogen-bond donors (Lipinski definition) is 1. The zero-order valence-corrected chi connectivity index (χ0v) is 11.5. The summed E-state index contributed by atoms with van der Waals surface area (Å²) < 4.78 is 1.27. The average molecular weight is 309 g/mol. The molecule has 0 fully saturated rings. The number of aromatic nitrogens is 2. The van der Waals surface area contributed by atoms with Crippen molar-refractivity contribution in [2.24, 2.45) is 7.05 Å². The van der Waals surface area contributed by atoms with Crippen molar-refractivity contribution in [2.75, 3.05) is 5.32 Å². The second-order valence-electron chi connectivity index (χ2n) is 4.10. The summed E-state index contributed by atoms with van der Waals surface area (Å²) in [6.07, 6.45) is 2.31. The number of hydrogen-bond acceptors (Lipinski definition) is 5. The Bertz CT molecular complexity index is 787. The molecule has 0 aromatic carbocycles. The Kier molecular flexibility index (Phi) is 3.99. The normalized spacial score (nSPS) is 10.2. The molecule has 0 aliphatic heterocycles. The van der Waals surface area contributed by atoms with Crippen LogP contribution in [-0.2, 0) is 7.05 Å². The fourth-order valence-corrected chi connectivity index (χ4v) is 1.77. The molecule has 0 unspecified atom stereocenters. The molecule has 1 N–H and O–H groups in total. The molecule has 0 radical (unpaired) electrons. The Morgan fingerprint density at radius 2 is 2.19 bits per heavy atom. The third-order valence-corrected chi connectivity index (χ3v) is 2.84. The van der Waals surface area contributed by atoms with Crippen molar-refractivity contribution in [1.29, 1.82) is 0 Å². The third kappa shape index (κ3) is 3.23. The quantitative estimate of drug-likeness (QED) is 0.526. The number of carbonyl (C=O) groups is 1. The first kappa shape index (κ1) is 14.7. The molecule has 108 valence electrons. The Labute approximate surface area is 123 Å². The maximum Gasteiger partial charge on any atom is 0.300 e. The van der Waals surface area contributed by atoms with E-state index in [1.165, 1.54) is 29.9 Å². The lowest BCUT2D eigenvalue weighted by Gasteiger charge is -2.07. The minimum Gasteiger partial charge on any atom is -0.320 e. The zero-order valence-electron chi connectivity index (χ0n) is 10.7. The summed E-state index contributed by atoms with van der Waals surface area (Å²) in [5, 5.41) is 13.3. The molecule has 0 saturated heterocycles. The number of nitrogens with one attached hydrogen (secondary N) is 1. The van der Waals surface area contributed by atoms with Crippen LogP contribution >= 0.6 is 11.6 Å². The van der Waals surface area contributed by atoms with Gasteiger partial charge in [-0.3, -0.25) is 19.7 Å². The molecule has 2 aromatic rings. The highest BCUT2D eigenvalue weighted by Gasteiger charge is 2.21. The zero-order chi connectivity index (χ0) is 15.6. The van der Waals surface area contributed by atoms with Gasteiger partial charge in [0.05, 0.1) is 10.6 Å². The maximum absolute atomic E-state index is 12.1. The van der Waals surface area contributed by atoms with Crippen LogP contribution in [0, 0.1) is 10.1 Å². The largest absolute Gasteiger partial charge is 0.320 e. The van der Waals surface area contributed by atoms with E-state index in [1.54, 1.807) is 0 Å². The standard InChI is InChI=1S/C12H9ClN4O4/c1-16-6-7(2-3-11(16)18)15-12(19)8-4-10(13)14-5-9(8)17(20)21/h2-6H,1H3,(H,15,19). The number of halogens is 1. The predicted octanol–water partition coefficient (Wildman–Crippen LogP) is 1.59. The molecule has 8 nitrogen and oxygen atoms in total. The number of aryl methyl sites for hydroxylation is 1. The van der Waals surface area contributed by atoms with Crippen LogP contribution in [0.25, 0.3) is 0 Å². The van der Waals surface area contributed by atoms with Crippen molar-refractivity contribution in [1.82, 2.24) is 9.55 Å². The van der Waals surface area contributed by atoms with Gasteiger partial charge in [0.25, 0.3) is 11.6 Å². The van der Waals surface area contributed by atoms with Gasteiger partial charge in [0.15, 0.2) is 0 Å². The van der Waals surface area contributed by atoms with Gasteiger partial charge in [0, 0.05) is 19.3 Å². The minimum absolute atomic E-state index is 0.0359. The van der Waals surface area contributed by atoms with E-state index in [0.717, 1.165) is 12.3 Å². The van der Waals surface area contributed by atoms with Gasteiger partial charge in [0.1, 0.15) is 16.9 Å². The molecule has 2 heterocycles. The van der Waals surface area contributed by atoms with Crippen LogP contribution in [0.1, 0.15) is 10.4 Å². The van der Waals surface area contributed by atoms with Crippen LogP contribution in [-0.4, -0.2) is 20.4 Å². The van der Waals surface area contributed by atoms with Crippen LogP contribution < -0.4 is 10.9 Å². The van der Waals surface area contributed by atoms with Crippen LogP contribution in [0.5, 0.6) is 0 Å². The molecular weight excluding hydrogens is 300 g/mol. The van der Waals surface area contributed by atoms with Gasteiger partial charge in [-0.2, -0.15) is 0 Å². The molecule has 0 spiro atoms. The number of carbonyl (C=O) groups excluding carboxylic acids is 1. The van der Waals surface area contributed by atoms with Crippen LogP contribution in [0.3, 0.4) is 0 Å². The lowest BCUT2D eigenvalue weighted by atomic mass is 10.2. The monoisotopic (exact) mass is 308 g/mol. The summed E-state index contributed by atoms with van der Waals surface area (Å²) >= 11 is 5.66. The smallest absolute Gasteiger partial charge is 0.300 e. The van der Waals surface area contributed by atoms with Crippen LogP contribution in [0.4, 0.5) is 11.4 Å². The number of pyridine rings is 2. The first-order chi connectivity index (χ1) is 9.88. The first-order valence-electron chi connectivity index (χ1n) is 5.66. The number of amides is 1.